The van der Waals surface area contributed by atoms with Crippen molar-refractivity contribution in [1.29, 1.82) is 0 Å². The zero-order valence-corrected chi connectivity index (χ0v) is 29.3. The van der Waals surface area contributed by atoms with E-state index >= 15 is 0 Å². The third kappa shape index (κ3) is 6.36. The normalized spacial score (nSPS) is 39.8. The molecular formula is C40H58O6. The van der Waals surface area contributed by atoms with Gasteiger partial charge in [0.05, 0.1) is 12.0 Å². The van der Waals surface area contributed by atoms with Gasteiger partial charge in [0.15, 0.2) is 6.10 Å². The molecule has 4 aliphatic carbocycles. The fourth-order valence-electron chi connectivity index (χ4n) is 11.2. The van der Waals surface area contributed by atoms with E-state index in [9.17, 15) is 19.5 Å². The molecule has 0 amide bonds. The van der Waals surface area contributed by atoms with Gasteiger partial charge >= 0.3 is 11.9 Å². The summed E-state index contributed by atoms with van der Waals surface area (Å²) < 4.78 is 10.8. The van der Waals surface area contributed by atoms with Gasteiger partial charge in [-0.1, -0.05) is 90.8 Å². The molecule has 0 aromatic rings. The Labute approximate surface area is 277 Å². The minimum Gasteiger partial charge on any atom is -0.422 e. The van der Waals surface area contributed by atoms with Gasteiger partial charge in [-0.3, -0.25) is 9.59 Å². The van der Waals surface area contributed by atoms with E-state index in [4.69, 9.17) is 9.47 Å². The molecule has 0 aromatic carbocycles. The number of carbonyl (C=O) groups is 3. The summed E-state index contributed by atoms with van der Waals surface area (Å²) in [5.74, 6) is 0.252. The largest absolute Gasteiger partial charge is 0.422 e. The fourth-order valence-corrected chi connectivity index (χ4v) is 11.2. The summed E-state index contributed by atoms with van der Waals surface area (Å²) in [5.41, 5.74) is 3.64. The molecule has 5 rings (SSSR count). The quantitative estimate of drug-likeness (QED) is 0.124. The molecule has 8 atom stereocenters. The molecule has 0 spiro atoms. The van der Waals surface area contributed by atoms with E-state index in [2.05, 4.69) is 54.7 Å². The molecule has 1 N–H and O–H groups in total. The molecular weight excluding hydrogens is 576 g/mol. The lowest BCUT2D eigenvalue weighted by molar-refractivity contribution is -0.186. The molecule has 6 heteroatoms. The number of ether oxygens (including phenoxy) is 2. The van der Waals surface area contributed by atoms with E-state index < -0.39 is 24.3 Å². The first-order valence-electron chi connectivity index (χ1n) is 17.8. The van der Waals surface area contributed by atoms with Gasteiger partial charge in [-0.15, -0.1) is 0 Å². The van der Waals surface area contributed by atoms with Crippen molar-refractivity contribution in [3.05, 3.63) is 47.6 Å². The highest BCUT2D eigenvalue weighted by atomic mass is 16.7. The van der Waals surface area contributed by atoms with Crippen LogP contribution in [0.3, 0.4) is 0 Å². The predicted molar refractivity (Wildman–Crippen MR) is 180 cm³/mol. The summed E-state index contributed by atoms with van der Waals surface area (Å²) in [5, 5.41) is 11.0. The zero-order chi connectivity index (χ0) is 33.7. The van der Waals surface area contributed by atoms with Crippen molar-refractivity contribution in [3.8, 4) is 0 Å². The van der Waals surface area contributed by atoms with Crippen molar-refractivity contribution >= 4 is 18.2 Å². The van der Waals surface area contributed by atoms with Gasteiger partial charge < -0.3 is 14.6 Å². The van der Waals surface area contributed by atoms with E-state index in [1.807, 2.05) is 6.08 Å². The second-order valence-electron chi connectivity index (χ2n) is 17.2. The Morgan fingerprint density at radius 2 is 1.41 bits per heavy atom. The van der Waals surface area contributed by atoms with Crippen molar-refractivity contribution in [1.82, 2.24) is 0 Å². The maximum atomic E-state index is 13.0. The number of esters is 2. The third-order valence-electron chi connectivity index (χ3n) is 13.6. The summed E-state index contributed by atoms with van der Waals surface area (Å²) in [6.07, 6.45) is 13.9. The van der Waals surface area contributed by atoms with Crippen LogP contribution in [0, 0.1) is 45.3 Å². The monoisotopic (exact) mass is 634 g/mol. The zero-order valence-electron chi connectivity index (χ0n) is 29.3. The fraction of sp³-hybridized carbons (Fsp3) is 0.725. The molecule has 4 saturated carbocycles. The minimum atomic E-state index is -1.42. The van der Waals surface area contributed by atoms with Crippen molar-refractivity contribution in [2.75, 3.05) is 0 Å². The van der Waals surface area contributed by atoms with E-state index in [-0.39, 0.29) is 45.5 Å². The Bertz CT molecular complexity index is 1320. The molecule has 5 fully saturated rings. The number of fused-ring (bicyclic) bond motifs is 2. The average Bonchev–Trinajstić information content (AvgIpc) is 3.21. The van der Waals surface area contributed by atoms with Crippen LogP contribution >= 0.6 is 0 Å². The van der Waals surface area contributed by atoms with Crippen LogP contribution in [0.5, 0.6) is 0 Å². The van der Waals surface area contributed by atoms with E-state index in [0.29, 0.717) is 36.5 Å². The van der Waals surface area contributed by atoms with Gasteiger partial charge in [0.2, 0.25) is 0 Å². The number of carbonyl (C=O) groups excluding carboxylic acids is 3. The van der Waals surface area contributed by atoms with Gasteiger partial charge in [0.1, 0.15) is 6.29 Å². The topological polar surface area (TPSA) is 89.9 Å². The number of hydrogen-bond acceptors (Lipinski definition) is 6. The maximum absolute atomic E-state index is 13.0. The molecule has 254 valence electrons. The van der Waals surface area contributed by atoms with Crippen LogP contribution in [-0.4, -0.2) is 35.7 Å². The van der Waals surface area contributed by atoms with Crippen molar-refractivity contribution in [3.63, 3.8) is 0 Å². The van der Waals surface area contributed by atoms with E-state index in [1.165, 1.54) is 36.8 Å². The molecule has 0 aromatic heterocycles. The van der Waals surface area contributed by atoms with Crippen LogP contribution in [0.25, 0.3) is 0 Å². The molecule has 0 bridgehead atoms. The van der Waals surface area contributed by atoms with Crippen LogP contribution in [0.4, 0.5) is 0 Å². The molecule has 5 aliphatic rings. The van der Waals surface area contributed by atoms with E-state index in [1.54, 1.807) is 6.08 Å². The SMILES string of the molecule is C=C1CCC2C(C)(C)CCCC2(C)C1CC=C(C=O)CC(=O)OC1OC(=O)C(=CCC2C(=C)CCC3C(C)(C)CCCC23C)C1O. The lowest BCUT2D eigenvalue weighted by Crippen LogP contribution is -2.49. The summed E-state index contributed by atoms with van der Waals surface area (Å²) in [6.45, 7) is 23.1. The number of aliphatic hydroxyl groups excluding tert-OH is 1. The van der Waals surface area contributed by atoms with Crippen molar-refractivity contribution in [2.45, 2.75) is 137 Å². The smallest absolute Gasteiger partial charge is 0.339 e. The Hall–Kier alpha value is -2.47. The molecule has 1 aliphatic heterocycles. The highest BCUT2D eigenvalue weighted by molar-refractivity contribution is 5.92. The standard InChI is InChI=1S/C40H58O6/c1-25-11-17-31-37(3,4)19-9-21-39(31,7)29(25)15-13-27(24-41)23-33(42)45-36-34(43)28(35(44)46-36)14-16-30-26(2)12-18-32-38(5,6)20-10-22-40(30,32)8/h13-14,24,29-32,34,36,43H,1-2,9-12,15-23H2,3-8H3. The second kappa shape index (κ2) is 12.9. The number of allylic oxidation sites excluding steroid dienone is 4. The highest BCUT2D eigenvalue weighted by Gasteiger charge is 2.54. The summed E-state index contributed by atoms with van der Waals surface area (Å²) >= 11 is 0. The molecule has 8 unspecified atom stereocenters. The van der Waals surface area contributed by atoms with Gasteiger partial charge in [0, 0.05) is 0 Å². The Balaban J connectivity index is 1.21. The van der Waals surface area contributed by atoms with Crippen molar-refractivity contribution < 1.29 is 29.0 Å². The average molecular weight is 635 g/mol. The summed E-state index contributed by atoms with van der Waals surface area (Å²) in [7, 11) is 0. The maximum Gasteiger partial charge on any atom is 0.339 e. The van der Waals surface area contributed by atoms with Gasteiger partial charge in [-0.2, -0.15) is 0 Å². The van der Waals surface area contributed by atoms with Gasteiger partial charge in [0.25, 0.3) is 6.29 Å². The van der Waals surface area contributed by atoms with Gasteiger partial charge in [-0.05, 0) is 115 Å². The molecule has 1 saturated heterocycles. The molecule has 46 heavy (non-hydrogen) atoms. The molecule has 6 nitrogen and oxygen atoms in total. The van der Waals surface area contributed by atoms with Crippen LogP contribution in [-0.2, 0) is 23.9 Å². The van der Waals surface area contributed by atoms with Crippen LogP contribution < -0.4 is 0 Å². The molecule has 0 radical (unpaired) electrons. The Morgan fingerprint density at radius 3 is 1.93 bits per heavy atom. The van der Waals surface area contributed by atoms with Crippen LogP contribution in [0.2, 0.25) is 0 Å². The summed E-state index contributed by atoms with van der Waals surface area (Å²) in [4.78, 5) is 37.8. The first kappa shape index (κ1) is 34.9. The summed E-state index contributed by atoms with van der Waals surface area (Å²) in [6, 6.07) is 0. The van der Waals surface area contributed by atoms with Crippen LogP contribution in [0.15, 0.2) is 47.6 Å². The predicted octanol–water partition coefficient (Wildman–Crippen LogP) is 8.59. The minimum absolute atomic E-state index is 0.0839. The number of cyclic esters (lactones) is 1. The molecule has 1 heterocycles. The third-order valence-corrected chi connectivity index (χ3v) is 13.6. The number of rotatable bonds is 8. The van der Waals surface area contributed by atoms with E-state index in [0.717, 1.165) is 38.5 Å². The highest BCUT2D eigenvalue weighted by Crippen LogP contribution is 2.63. The number of aldehydes is 1. The Kier molecular flexibility index (Phi) is 9.74. The lowest BCUT2D eigenvalue weighted by Gasteiger charge is -2.58. The number of aliphatic hydroxyl groups is 1. The van der Waals surface area contributed by atoms with Crippen LogP contribution in [0.1, 0.15) is 125 Å². The van der Waals surface area contributed by atoms with Crippen molar-refractivity contribution in [2.24, 2.45) is 45.3 Å². The Morgan fingerprint density at radius 1 is 0.891 bits per heavy atom. The lowest BCUT2D eigenvalue weighted by atomic mass is 9.47. The first-order valence-corrected chi connectivity index (χ1v) is 17.8. The van der Waals surface area contributed by atoms with Gasteiger partial charge in [-0.25, -0.2) is 4.79 Å². The second-order valence-corrected chi connectivity index (χ2v) is 17.2. The first-order chi connectivity index (χ1) is 21.5. The number of hydrogen-bond donors (Lipinski definition) is 1.